The number of benzene rings is 2. The summed E-state index contributed by atoms with van der Waals surface area (Å²) in [7, 11) is 0. The van der Waals surface area contributed by atoms with Crippen LogP contribution in [0.15, 0.2) is 52.3 Å². The number of halogens is 2. The molecule has 4 heteroatoms. The fourth-order valence-electron chi connectivity index (χ4n) is 1.28. The van der Waals surface area contributed by atoms with Gasteiger partial charge in [-0.15, -0.1) is 0 Å². The van der Waals surface area contributed by atoms with Crippen LogP contribution in [0.5, 0.6) is 0 Å². The number of hydrogen-bond acceptors (Lipinski definition) is 2. The highest BCUT2D eigenvalue weighted by Gasteiger charge is 2.08. The molecule has 2 N–H and O–H groups in total. The van der Waals surface area contributed by atoms with Crippen molar-refractivity contribution in [2.45, 2.75) is 9.79 Å². The maximum atomic E-state index is 6.10. The van der Waals surface area contributed by atoms with E-state index in [1.165, 1.54) is 11.8 Å². The molecule has 0 amide bonds. The molecular weight excluding hydrogens is 261 g/mol. The Bertz CT molecular complexity index is 477. The van der Waals surface area contributed by atoms with Crippen LogP contribution in [0.1, 0.15) is 0 Å². The first-order valence-corrected chi connectivity index (χ1v) is 6.21. The molecule has 0 aromatic heterocycles. The molecule has 0 radical (unpaired) electrons. The Morgan fingerprint density at radius 1 is 0.938 bits per heavy atom. The summed E-state index contributed by atoms with van der Waals surface area (Å²) in [5.74, 6) is 0. The monoisotopic (exact) mass is 269 g/mol. The third-order valence-corrected chi connectivity index (χ3v) is 3.96. The molecule has 0 aliphatic carbocycles. The summed E-state index contributed by atoms with van der Waals surface area (Å²) in [4.78, 5) is 1.93. The fraction of sp³-hybridized carbons (Fsp3) is 0. The van der Waals surface area contributed by atoms with Crippen LogP contribution in [0.3, 0.4) is 0 Å². The van der Waals surface area contributed by atoms with E-state index in [0.717, 1.165) is 9.79 Å². The van der Waals surface area contributed by atoms with E-state index in [0.29, 0.717) is 15.7 Å². The molecule has 0 aliphatic rings. The Morgan fingerprint density at radius 2 is 1.50 bits per heavy atom. The van der Waals surface area contributed by atoms with Crippen LogP contribution < -0.4 is 5.73 Å². The highest BCUT2D eigenvalue weighted by molar-refractivity contribution is 7.99. The number of hydrogen-bond donors (Lipinski definition) is 1. The van der Waals surface area contributed by atoms with Gasteiger partial charge in [0.05, 0.1) is 10.0 Å². The number of nitrogens with two attached hydrogens (primary N) is 1. The SMILES string of the molecule is Nc1cc(Cl)c(Sc2ccccc2)c(Cl)c1. The maximum absolute atomic E-state index is 6.10. The van der Waals surface area contributed by atoms with Crippen molar-refractivity contribution in [3.05, 3.63) is 52.5 Å². The van der Waals surface area contributed by atoms with Gasteiger partial charge in [0.1, 0.15) is 0 Å². The average molecular weight is 270 g/mol. The van der Waals surface area contributed by atoms with Crippen LogP contribution >= 0.6 is 35.0 Å². The maximum Gasteiger partial charge on any atom is 0.0581 e. The summed E-state index contributed by atoms with van der Waals surface area (Å²) in [5.41, 5.74) is 6.22. The van der Waals surface area contributed by atoms with Gasteiger partial charge >= 0.3 is 0 Å². The van der Waals surface area contributed by atoms with Gasteiger partial charge in [0.15, 0.2) is 0 Å². The Morgan fingerprint density at radius 3 is 2.06 bits per heavy atom. The average Bonchev–Trinajstić information content (AvgIpc) is 2.25. The second-order valence-corrected chi connectivity index (χ2v) is 5.13. The van der Waals surface area contributed by atoms with Crippen LogP contribution in [0.2, 0.25) is 10.0 Å². The van der Waals surface area contributed by atoms with Gasteiger partial charge in [-0.3, -0.25) is 0 Å². The van der Waals surface area contributed by atoms with E-state index in [1.807, 2.05) is 30.3 Å². The molecule has 0 atom stereocenters. The third kappa shape index (κ3) is 2.64. The quantitative estimate of drug-likeness (QED) is 0.798. The molecule has 0 bridgehead atoms. The first kappa shape index (κ1) is 11.6. The molecule has 2 aromatic carbocycles. The molecule has 0 aliphatic heterocycles. The van der Waals surface area contributed by atoms with Crippen molar-refractivity contribution >= 4 is 40.7 Å². The van der Waals surface area contributed by atoms with E-state index in [2.05, 4.69) is 0 Å². The Balaban J connectivity index is 2.35. The molecule has 0 saturated heterocycles. The van der Waals surface area contributed by atoms with Gasteiger partial charge in [-0.2, -0.15) is 0 Å². The van der Waals surface area contributed by atoms with Crippen molar-refractivity contribution in [3.8, 4) is 0 Å². The molecule has 82 valence electrons. The number of anilines is 1. The second kappa shape index (κ2) is 5.00. The zero-order valence-corrected chi connectivity index (χ0v) is 10.6. The van der Waals surface area contributed by atoms with Crippen LogP contribution in [-0.2, 0) is 0 Å². The van der Waals surface area contributed by atoms with Gasteiger partial charge in [-0.05, 0) is 24.3 Å². The summed E-state index contributed by atoms with van der Waals surface area (Å²) in [5, 5.41) is 1.16. The predicted molar refractivity (Wildman–Crippen MR) is 71.4 cm³/mol. The molecule has 16 heavy (non-hydrogen) atoms. The van der Waals surface area contributed by atoms with Gasteiger partial charge in [-0.1, -0.05) is 53.2 Å². The molecule has 2 aromatic rings. The molecular formula is C12H9Cl2NS. The molecule has 2 rings (SSSR count). The minimum absolute atomic E-state index is 0.576. The zero-order chi connectivity index (χ0) is 11.5. The van der Waals surface area contributed by atoms with Gasteiger partial charge in [0, 0.05) is 15.5 Å². The Kier molecular flexibility index (Phi) is 3.64. The van der Waals surface area contributed by atoms with E-state index in [-0.39, 0.29) is 0 Å². The molecule has 0 unspecified atom stereocenters. The molecule has 0 fully saturated rings. The first-order chi connectivity index (χ1) is 7.66. The summed E-state index contributed by atoms with van der Waals surface area (Å²) in [6.45, 7) is 0. The summed E-state index contributed by atoms with van der Waals surface area (Å²) in [6, 6.07) is 13.3. The van der Waals surface area contributed by atoms with Crippen molar-refractivity contribution in [2.75, 3.05) is 5.73 Å². The van der Waals surface area contributed by atoms with Gasteiger partial charge in [-0.25, -0.2) is 0 Å². The van der Waals surface area contributed by atoms with Crippen LogP contribution in [0.4, 0.5) is 5.69 Å². The number of nitrogen functional groups attached to an aromatic ring is 1. The van der Waals surface area contributed by atoms with Gasteiger partial charge < -0.3 is 5.73 Å². The van der Waals surface area contributed by atoms with Crippen molar-refractivity contribution in [3.63, 3.8) is 0 Å². The van der Waals surface area contributed by atoms with E-state index in [4.69, 9.17) is 28.9 Å². The lowest BCUT2D eigenvalue weighted by Crippen LogP contribution is -1.86. The largest absolute Gasteiger partial charge is 0.399 e. The van der Waals surface area contributed by atoms with E-state index in [1.54, 1.807) is 12.1 Å². The van der Waals surface area contributed by atoms with Crippen molar-refractivity contribution in [1.29, 1.82) is 0 Å². The van der Waals surface area contributed by atoms with Crippen LogP contribution in [-0.4, -0.2) is 0 Å². The standard InChI is InChI=1S/C12H9Cl2NS/c13-10-6-8(15)7-11(14)12(10)16-9-4-2-1-3-5-9/h1-7H,15H2. The fourth-order valence-corrected chi connectivity index (χ4v) is 2.86. The lowest BCUT2D eigenvalue weighted by Gasteiger charge is -2.07. The Hall–Kier alpha value is -0.830. The van der Waals surface area contributed by atoms with Gasteiger partial charge in [0.2, 0.25) is 0 Å². The lowest BCUT2D eigenvalue weighted by atomic mass is 10.3. The smallest absolute Gasteiger partial charge is 0.0581 e. The second-order valence-electron chi connectivity index (χ2n) is 3.23. The number of rotatable bonds is 2. The highest BCUT2D eigenvalue weighted by atomic mass is 35.5. The first-order valence-electron chi connectivity index (χ1n) is 4.64. The zero-order valence-electron chi connectivity index (χ0n) is 8.28. The minimum Gasteiger partial charge on any atom is -0.399 e. The molecule has 0 spiro atoms. The van der Waals surface area contributed by atoms with Crippen LogP contribution in [0.25, 0.3) is 0 Å². The van der Waals surface area contributed by atoms with Crippen molar-refractivity contribution in [2.24, 2.45) is 0 Å². The summed E-state index contributed by atoms with van der Waals surface area (Å²) < 4.78 is 0. The highest BCUT2D eigenvalue weighted by Crippen LogP contribution is 2.39. The van der Waals surface area contributed by atoms with Gasteiger partial charge in [0.25, 0.3) is 0 Å². The predicted octanol–water partition coefficient (Wildman–Crippen LogP) is 4.73. The topological polar surface area (TPSA) is 26.0 Å². The van der Waals surface area contributed by atoms with E-state index >= 15 is 0 Å². The molecule has 0 heterocycles. The summed E-state index contributed by atoms with van der Waals surface area (Å²) >= 11 is 13.7. The van der Waals surface area contributed by atoms with Crippen molar-refractivity contribution < 1.29 is 0 Å². The van der Waals surface area contributed by atoms with Crippen LogP contribution in [0, 0.1) is 0 Å². The lowest BCUT2D eigenvalue weighted by molar-refractivity contribution is 1.41. The molecule has 1 nitrogen and oxygen atoms in total. The third-order valence-electron chi connectivity index (χ3n) is 1.98. The Labute approximate surface area is 109 Å². The molecule has 0 saturated carbocycles. The van der Waals surface area contributed by atoms with E-state index in [9.17, 15) is 0 Å². The summed E-state index contributed by atoms with van der Waals surface area (Å²) in [6.07, 6.45) is 0. The van der Waals surface area contributed by atoms with Crippen molar-refractivity contribution in [1.82, 2.24) is 0 Å². The normalized spacial score (nSPS) is 10.4. The van der Waals surface area contributed by atoms with E-state index < -0.39 is 0 Å². The minimum atomic E-state index is 0.576.